The largest absolute Gasteiger partial charge is 0.239 e. The van der Waals surface area contributed by atoms with E-state index in [0.29, 0.717) is 12.4 Å². The highest BCUT2D eigenvalue weighted by molar-refractivity contribution is 9.10. The Hall–Kier alpha value is -2.38. The van der Waals surface area contributed by atoms with Gasteiger partial charge in [0.25, 0.3) is 0 Å². The first-order valence-electron chi connectivity index (χ1n) is 7.31. The Bertz CT molecular complexity index is 947. The summed E-state index contributed by atoms with van der Waals surface area (Å²) >= 11 is 5.04. The molecule has 24 heavy (non-hydrogen) atoms. The molecular formula is C17H12BrN5S. The van der Waals surface area contributed by atoms with E-state index in [-0.39, 0.29) is 0 Å². The van der Waals surface area contributed by atoms with Gasteiger partial charge in [0, 0.05) is 21.0 Å². The second-order valence-electron chi connectivity index (χ2n) is 5.16. The molecule has 0 aliphatic heterocycles. The van der Waals surface area contributed by atoms with Crippen LogP contribution in [0.4, 0.5) is 0 Å². The van der Waals surface area contributed by atoms with Crippen LogP contribution in [0.15, 0.2) is 64.5 Å². The summed E-state index contributed by atoms with van der Waals surface area (Å²) in [5.74, 6) is 0.612. The molecule has 0 fully saturated rings. The summed E-state index contributed by atoms with van der Waals surface area (Å²) in [5, 5.41) is 15.7. The second kappa shape index (κ2) is 6.62. The first kappa shape index (κ1) is 15.2. The van der Waals surface area contributed by atoms with Gasteiger partial charge in [0.15, 0.2) is 0 Å². The number of nitrogens with zero attached hydrogens (tertiary/aromatic N) is 5. The van der Waals surface area contributed by atoms with Gasteiger partial charge in [0.05, 0.1) is 5.69 Å². The van der Waals surface area contributed by atoms with E-state index in [1.807, 2.05) is 47.8 Å². The fraction of sp³-hybridized carbons (Fsp3) is 0.0588. The maximum absolute atomic E-state index is 4.65. The number of hydrogen-bond donors (Lipinski definition) is 0. The van der Waals surface area contributed by atoms with Crippen molar-refractivity contribution in [2.45, 2.75) is 6.54 Å². The van der Waals surface area contributed by atoms with Gasteiger partial charge in [-0.3, -0.25) is 0 Å². The predicted molar refractivity (Wildman–Crippen MR) is 97.6 cm³/mol. The van der Waals surface area contributed by atoms with Crippen LogP contribution >= 0.6 is 27.3 Å². The van der Waals surface area contributed by atoms with E-state index in [4.69, 9.17) is 0 Å². The molecule has 0 amide bonds. The highest BCUT2D eigenvalue weighted by Gasteiger charge is 2.09. The molecule has 2 aromatic carbocycles. The van der Waals surface area contributed by atoms with Crippen LogP contribution in [-0.4, -0.2) is 25.2 Å². The molecule has 5 nitrogen and oxygen atoms in total. The molecule has 0 N–H and O–H groups in total. The standard InChI is InChI=1S/C17H12BrN5S/c18-14-8-6-12(7-9-14)16-20-22-23(21-16)10-15-11-24-17(19-15)13-4-2-1-3-5-13/h1-9,11H,10H2. The molecule has 0 spiro atoms. The second-order valence-corrected chi connectivity index (χ2v) is 6.93. The highest BCUT2D eigenvalue weighted by Crippen LogP contribution is 2.23. The number of rotatable bonds is 4. The Labute approximate surface area is 151 Å². The molecule has 7 heteroatoms. The van der Waals surface area contributed by atoms with Gasteiger partial charge in [-0.05, 0) is 29.5 Å². The van der Waals surface area contributed by atoms with Gasteiger partial charge < -0.3 is 0 Å². The van der Waals surface area contributed by atoms with Crippen LogP contribution in [0.25, 0.3) is 22.0 Å². The molecule has 2 aromatic heterocycles. The molecule has 0 unspecified atom stereocenters. The fourth-order valence-electron chi connectivity index (χ4n) is 2.26. The number of tetrazole rings is 1. The van der Waals surface area contributed by atoms with Crippen LogP contribution in [0.1, 0.15) is 5.69 Å². The van der Waals surface area contributed by atoms with Gasteiger partial charge in [-0.1, -0.05) is 46.3 Å². The molecule has 4 rings (SSSR count). The number of benzene rings is 2. The summed E-state index contributed by atoms with van der Waals surface area (Å²) in [7, 11) is 0. The Morgan fingerprint density at radius 1 is 0.958 bits per heavy atom. The van der Waals surface area contributed by atoms with E-state index in [1.54, 1.807) is 16.1 Å². The van der Waals surface area contributed by atoms with Crippen molar-refractivity contribution in [2.75, 3.05) is 0 Å². The van der Waals surface area contributed by atoms with E-state index in [2.05, 4.69) is 48.5 Å². The van der Waals surface area contributed by atoms with Crippen LogP contribution in [0.2, 0.25) is 0 Å². The molecule has 0 radical (unpaired) electrons. The van der Waals surface area contributed by atoms with Crippen molar-refractivity contribution in [3.8, 4) is 22.0 Å². The minimum absolute atomic E-state index is 0.507. The van der Waals surface area contributed by atoms with E-state index in [9.17, 15) is 0 Å². The maximum Gasteiger partial charge on any atom is 0.204 e. The molecule has 0 saturated heterocycles. The third-order valence-electron chi connectivity index (χ3n) is 3.43. The van der Waals surface area contributed by atoms with Gasteiger partial charge in [0.2, 0.25) is 5.82 Å². The van der Waals surface area contributed by atoms with Gasteiger partial charge in [-0.2, -0.15) is 4.80 Å². The summed E-state index contributed by atoms with van der Waals surface area (Å²) in [6.07, 6.45) is 0. The predicted octanol–water partition coefficient (Wildman–Crippen LogP) is 4.27. The molecular weight excluding hydrogens is 386 g/mol. The van der Waals surface area contributed by atoms with Crippen LogP contribution in [0.5, 0.6) is 0 Å². The average molecular weight is 398 g/mol. The number of aromatic nitrogens is 5. The van der Waals surface area contributed by atoms with E-state index in [1.165, 1.54) is 0 Å². The molecule has 0 atom stereocenters. The lowest BCUT2D eigenvalue weighted by atomic mass is 10.2. The maximum atomic E-state index is 4.65. The van der Waals surface area contributed by atoms with Crippen LogP contribution in [-0.2, 0) is 6.54 Å². The smallest absolute Gasteiger partial charge is 0.204 e. The number of thiazole rings is 1. The minimum atomic E-state index is 0.507. The van der Waals surface area contributed by atoms with Crippen molar-refractivity contribution in [3.63, 3.8) is 0 Å². The fourth-order valence-corrected chi connectivity index (χ4v) is 3.34. The van der Waals surface area contributed by atoms with Crippen molar-refractivity contribution in [3.05, 3.63) is 70.1 Å². The van der Waals surface area contributed by atoms with Crippen molar-refractivity contribution in [1.29, 1.82) is 0 Å². The Morgan fingerprint density at radius 3 is 2.54 bits per heavy atom. The highest BCUT2D eigenvalue weighted by atomic mass is 79.9. The monoisotopic (exact) mass is 397 g/mol. The lowest BCUT2D eigenvalue weighted by molar-refractivity contribution is 0.566. The quantitative estimate of drug-likeness (QED) is 0.515. The van der Waals surface area contributed by atoms with Gasteiger partial charge >= 0.3 is 0 Å². The molecule has 118 valence electrons. The van der Waals surface area contributed by atoms with Crippen LogP contribution in [0.3, 0.4) is 0 Å². The average Bonchev–Trinajstić information content (AvgIpc) is 3.27. The SMILES string of the molecule is Brc1ccc(-c2nnn(Cc3csc(-c4ccccc4)n3)n2)cc1. The van der Waals surface area contributed by atoms with Gasteiger partial charge in [-0.25, -0.2) is 4.98 Å². The van der Waals surface area contributed by atoms with E-state index < -0.39 is 0 Å². The normalized spacial score (nSPS) is 10.9. The number of halogens is 1. The summed E-state index contributed by atoms with van der Waals surface area (Å²) in [5.41, 5.74) is 2.99. The van der Waals surface area contributed by atoms with E-state index in [0.717, 1.165) is 26.3 Å². The first-order chi connectivity index (χ1) is 11.8. The van der Waals surface area contributed by atoms with Crippen LogP contribution < -0.4 is 0 Å². The molecule has 2 heterocycles. The van der Waals surface area contributed by atoms with Crippen molar-refractivity contribution in [2.24, 2.45) is 0 Å². The third kappa shape index (κ3) is 3.27. The van der Waals surface area contributed by atoms with Gasteiger partial charge in [-0.15, -0.1) is 21.5 Å². The molecule has 0 aliphatic carbocycles. The zero-order valence-corrected chi connectivity index (χ0v) is 14.9. The number of hydrogen-bond acceptors (Lipinski definition) is 5. The van der Waals surface area contributed by atoms with Crippen LogP contribution in [0, 0.1) is 0 Å². The van der Waals surface area contributed by atoms with E-state index >= 15 is 0 Å². The minimum Gasteiger partial charge on any atom is -0.239 e. The topological polar surface area (TPSA) is 56.5 Å². The Balaban J connectivity index is 1.52. The van der Waals surface area contributed by atoms with Crippen molar-refractivity contribution in [1.82, 2.24) is 25.2 Å². The summed E-state index contributed by atoms with van der Waals surface area (Å²) in [6, 6.07) is 18.0. The molecule has 0 aliphatic rings. The third-order valence-corrected chi connectivity index (χ3v) is 4.90. The van der Waals surface area contributed by atoms with Crippen molar-refractivity contribution < 1.29 is 0 Å². The summed E-state index contributed by atoms with van der Waals surface area (Å²) in [6.45, 7) is 0.507. The first-order valence-corrected chi connectivity index (χ1v) is 8.99. The Morgan fingerprint density at radius 2 is 1.75 bits per heavy atom. The summed E-state index contributed by atoms with van der Waals surface area (Å²) < 4.78 is 1.02. The molecule has 4 aromatic rings. The zero-order valence-electron chi connectivity index (χ0n) is 12.5. The molecule has 0 saturated carbocycles. The lowest BCUT2D eigenvalue weighted by Crippen LogP contribution is -2.04. The summed E-state index contributed by atoms with van der Waals surface area (Å²) in [4.78, 5) is 6.22. The van der Waals surface area contributed by atoms with Crippen molar-refractivity contribution >= 4 is 27.3 Å². The molecule has 0 bridgehead atoms. The lowest BCUT2D eigenvalue weighted by Gasteiger charge is -1.96. The Kier molecular flexibility index (Phi) is 4.18. The van der Waals surface area contributed by atoms with Gasteiger partial charge in [0.1, 0.15) is 11.6 Å². The zero-order chi connectivity index (χ0) is 16.4.